The molecule has 1 aliphatic rings. The molecular formula is C34H33N2O5P. The van der Waals surface area contributed by atoms with E-state index < -0.39 is 0 Å². The fourth-order valence-electron chi connectivity index (χ4n) is 4.92. The van der Waals surface area contributed by atoms with Gasteiger partial charge >= 0.3 is 0 Å². The molecule has 0 fully saturated rings. The van der Waals surface area contributed by atoms with Crippen LogP contribution in [0.15, 0.2) is 72.8 Å². The van der Waals surface area contributed by atoms with E-state index in [0.717, 1.165) is 56.2 Å². The standard InChI is InChI=1S/C34H33N2O5P/c1-23-15-29(20-36-11-14-42-37)33(40-21-26-6-3-5-25(16-26)19-35)18-32(23)41-22-28-7-4-8-30(24(28)2)27-9-10-31-34(17-27)39-13-12-38-31/h3-10,15-18,36H,11-14,20-22H2,1-2H3. The van der Waals surface area contributed by atoms with Crippen LogP contribution in [-0.4, -0.2) is 25.9 Å². The Morgan fingerprint density at radius 2 is 1.69 bits per heavy atom. The molecule has 0 amide bonds. The quantitative estimate of drug-likeness (QED) is 0.141. The summed E-state index contributed by atoms with van der Waals surface area (Å²) in [6.07, 6.45) is 0.544. The van der Waals surface area contributed by atoms with Gasteiger partial charge in [0, 0.05) is 30.9 Å². The molecule has 1 heterocycles. The first-order valence-corrected chi connectivity index (χ1v) is 14.9. The molecule has 0 bridgehead atoms. The van der Waals surface area contributed by atoms with Crippen LogP contribution in [0.4, 0.5) is 0 Å². The number of nitrogens with zero attached hydrogens (tertiary/aromatic N) is 1. The number of aryl methyl sites for hydroxylation is 1. The minimum absolute atomic E-state index is 0.119. The predicted octanol–water partition coefficient (Wildman–Crippen LogP) is 7.15. The lowest BCUT2D eigenvalue weighted by molar-refractivity contribution is 0.171. The molecule has 7 nitrogen and oxygen atoms in total. The van der Waals surface area contributed by atoms with Gasteiger partial charge < -0.3 is 24.3 Å². The molecule has 1 N–H and O–H groups in total. The van der Waals surface area contributed by atoms with Crippen molar-refractivity contribution >= 4 is 8.46 Å². The van der Waals surface area contributed by atoms with Crippen LogP contribution in [0.1, 0.15) is 33.4 Å². The molecule has 4 aromatic rings. The summed E-state index contributed by atoms with van der Waals surface area (Å²) >= 11 is 0. The molecule has 8 heteroatoms. The second-order valence-electron chi connectivity index (χ2n) is 10.1. The number of nitriles is 1. The molecule has 0 aliphatic carbocycles. The van der Waals surface area contributed by atoms with E-state index in [2.05, 4.69) is 42.6 Å². The molecule has 0 unspecified atom stereocenters. The smallest absolute Gasteiger partial charge is 0.161 e. The predicted molar refractivity (Wildman–Crippen MR) is 163 cm³/mol. The third kappa shape index (κ3) is 7.09. The Labute approximate surface area is 248 Å². The van der Waals surface area contributed by atoms with E-state index in [0.29, 0.717) is 57.0 Å². The average molecular weight is 581 g/mol. The van der Waals surface area contributed by atoms with Crippen molar-refractivity contribution in [3.8, 4) is 40.2 Å². The van der Waals surface area contributed by atoms with Gasteiger partial charge in [-0.25, -0.2) is 0 Å². The fraction of sp³-hybridized carbons (Fsp3) is 0.265. The van der Waals surface area contributed by atoms with Gasteiger partial charge in [0.25, 0.3) is 0 Å². The van der Waals surface area contributed by atoms with Gasteiger partial charge in [0.15, 0.2) is 20.0 Å². The van der Waals surface area contributed by atoms with Crippen LogP contribution in [0.3, 0.4) is 0 Å². The SMILES string of the molecule is Cc1cc(CNCCP=O)c(OCc2cccc(C#N)c2)cc1OCc1cccc(-c2ccc3c(c2)OCCO3)c1C. The molecule has 5 rings (SSSR count). The van der Waals surface area contributed by atoms with Crippen molar-refractivity contribution in [2.45, 2.75) is 33.6 Å². The van der Waals surface area contributed by atoms with Gasteiger partial charge in [0.05, 0.1) is 11.6 Å². The molecule has 0 spiro atoms. The normalized spacial score (nSPS) is 12.1. The summed E-state index contributed by atoms with van der Waals surface area (Å²) < 4.78 is 35.0. The number of ether oxygens (including phenoxy) is 4. The largest absolute Gasteiger partial charge is 0.488 e. The third-order valence-corrected chi connectivity index (χ3v) is 7.59. The first-order valence-electron chi connectivity index (χ1n) is 13.9. The number of benzene rings is 4. The van der Waals surface area contributed by atoms with Crippen LogP contribution in [-0.2, 0) is 24.3 Å². The van der Waals surface area contributed by atoms with E-state index in [9.17, 15) is 9.83 Å². The summed E-state index contributed by atoms with van der Waals surface area (Å²) in [5.74, 6) is 2.98. The molecule has 0 atom stereocenters. The van der Waals surface area contributed by atoms with Crippen molar-refractivity contribution in [2.75, 3.05) is 25.9 Å². The van der Waals surface area contributed by atoms with Crippen molar-refractivity contribution in [1.29, 1.82) is 5.26 Å². The summed E-state index contributed by atoms with van der Waals surface area (Å²) in [7, 11) is 0.119. The number of hydrogen-bond acceptors (Lipinski definition) is 7. The highest BCUT2D eigenvalue weighted by atomic mass is 31.1. The molecular weight excluding hydrogens is 547 g/mol. The molecule has 42 heavy (non-hydrogen) atoms. The molecule has 0 saturated carbocycles. The van der Waals surface area contributed by atoms with Crippen LogP contribution < -0.4 is 24.3 Å². The monoisotopic (exact) mass is 580 g/mol. The third-order valence-electron chi connectivity index (χ3n) is 7.19. The molecule has 214 valence electrons. The van der Waals surface area contributed by atoms with Gasteiger partial charge in [-0.15, -0.1) is 0 Å². The molecule has 0 radical (unpaired) electrons. The highest BCUT2D eigenvalue weighted by Crippen LogP contribution is 2.36. The Morgan fingerprint density at radius 3 is 2.52 bits per heavy atom. The maximum atomic E-state index is 10.8. The zero-order chi connectivity index (χ0) is 29.3. The lowest BCUT2D eigenvalue weighted by Gasteiger charge is -2.20. The maximum absolute atomic E-state index is 10.8. The van der Waals surface area contributed by atoms with Crippen LogP contribution >= 0.6 is 8.46 Å². The lowest BCUT2D eigenvalue weighted by atomic mass is 9.96. The first-order chi connectivity index (χ1) is 20.6. The number of hydrogen-bond donors (Lipinski definition) is 1. The Morgan fingerprint density at radius 1 is 0.881 bits per heavy atom. The topological polar surface area (TPSA) is 89.8 Å². The molecule has 0 saturated heterocycles. The maximum Gasteiger partial charge on any atom is 0.161 e. The summed E-state index contributed by atoms with van der Waals surface area (Å²) in [6.45, 7) is 7.17. The van der Waals surface area contributed by atoms with Gasteiger partial charge in [-0.05, 0) is 77.6 Å². The van der Waals surface area contributed by atoms with Gasteiger partial charge in [-0.2, -0.15) is 5.26 Å². The van der Waals surface area contributed by atoms with E-state index >= 15 is 0 Å². The Hall–Kier alpha value is -4.37. The van der Waals surface area contributed by atoms with E-state index in [4.69, 9.17) is 18.9 Å². The minimum atomic E-state index is 0.119. The summed E-state index contributed by atoms with van der Waals surface area (Å²) in [5.41, 5.74) is 7.89. The summed E-state index contributed by atoms with van der Waals surface area (Å²) in [4.78, 5) is 0. The Bertz CT molecular complexity index is 1610. The highest BCUT2D eigenvalue weighted by Gasteiger charge is 2.15. The average Bonchev–Trinajstić information content (AvgIpc) is 3.02. The van der Waals surface area contributed by atoms with Crippen molar-refractivity contribution in [3.63, 3.8) is 0 Å². The van der Waals surface area contributed by atoms with Gasteiger partial charge in [0.1, 0.15) is 37.9 Å². The zero-order valence-corrected chi connectivity index (χ0v) is 24.7. The number of nitrogens with one attached hydrogen (secondary N) is 1. The van der Waals surface area contributed by atoms with E-state index in [-0.39, 0.29) is 8.46 Å². The second-order valence-corrected chi connectivity index (χ2v) is 10.8. The highest BCUT2D eigenvalue weighted by molar-refractivity contribution is 7.23. The zero-order valence-electron chi connectivity index (χ0n) is 23.8. The van der Waals surface area contributed by atoms with Gasteiger partial charge in [0.2, 0.25) is 0 Å². The van der Waals surface area contributed by atoms with Crippen molar-refractivity contribution in [1.82, 2.24) is 5.32 Å². The van der Waals surface area contributed by atoms with Crippen molar-refractivity contribution in [2.24, 2.45) is 0 Å². The van der Waals surface area contributed by atoms with Crippen molar-refractivity contribution < 1.29 is 23.5 Å². The van der Waals surface area contributed by atoms with E-state index in [1.165, 1.54) is 0 Å². The van der Waals surface area contributed by atoms with Crippen LogP contribution in [0.5, 0.6) is 23.0 Å². The van der Waals surface area contributed by atoms with Gasteiger partial charge in [-0.1, -0.05) is 36.4 Å². The van der Waals surface area contributed by atoms with Gasteiger partial charge in [-0.3, -0.25) is 4.57 Å². The second kappa shape index (κ2) is 14.0. The van der Waals surface area contributed by atoms with Crippen molar-refractivity contribution in [3.05, 3.63) is 106 Å². The van der Waals surface area contributed by atoms with Crippen LogP contribution in [0, 0.1) is 25.2 Å². The van der Waals surface area contributed by atoms with E-state index in [1.807, 2.05) is 49.4 Å². The summed E-state index contributed by atoms with van der Waals surface area (Å²) in [6, 6.07) is 25.9. The number of fused-ring (bicyclic) bond motifs is 1. The Kier molecular flexibility index (Phi) is 9.71. The van der Waals surface area contributed by atoms with E-state index in [1.54, 1.807) is 6.07 Å². The molecule has 0 aromatic heterocycles. The lowest BCUT2D eigenvalue weighted by Crippen LogP contribution is -2.16. The minimum Gasteiger partial charge on any atom is -0.488 e. The molecule has 4 aromatic carbocycles. The van der Waals surface area contributed by atoms with Crippen LogP contribution in [0.2, 0.25) is 0 Å². The Balaban J connectivity index is 1.35. The summed E-state index contributed by atoms with van der Waals surface area (Å²) in [5, 5.41) is 12.6. The van der Waals surface area contributed by atoms with Crippen LogP contribution in [0.25, 0.3) is 11.1 Å². The first kappa shape index (κ1) is 29.1. The molecule has 1 aliphatic heterocycles. The fourth-order valence-corrected chi connectivity index (χ4v) is 5.17. The number of rotatable bonds is 12.